The number of quaternary nitrogens is 1. The molecule has 164 valence electrons. The van der Waals surface area contributed by atoms with Gasteiger partial charge in [-0.1, -0.05) is 6.07 Å². The highest BCUT2D eigenvalue weighted by Crippen LogP contribution is 2.59. The van der Waals surface area contributed by atoms with Crippen molar-refractivity contribution in [2.45, 2.75) is 45.4 Å². The van der Waals surface area contributed by atoms with Crippen LogP contribution in [0.1, 0.15) is 45.4 Å². The lowest BCUT2D eigenvalue weighted by atomic mass is 9.49. The number of nitrogens with one attached hydrogen (secondary N) is 3. The summed E-state index contributed by atoms with van der Waals surface area (Å²) in [7, 11) is 1.60. The Morgan fingerprint density at radius 3 is 2.30 bits per heavy atom. The Hall–Kier alpha value is -2.08. The summed E-state index contributed by atoms with van der Waals surface area (Å²) in [5.41, 5.74) is 1.06. The molecule has 0 saturated heterocycles. The molecular formula is C24H36N3O3+. The predicted octanol–water partition coefficient (Wildman–Crippen LogP) is 1.87. The van der Waals surface area contributed by atoms with E-state index in [1.807, 2.05) is 25.1 Å². The van der Waals surface area contributed by atoms with E-state index in [2.05, 4.69) is 10.6 Å². The molecule has 4 saturated carbocycles. The maximum atomic E-state index is 12.6. The monoisotopic (exact) mass is 414 g/mol. The fourth-order valence-electron chi connectivity index (χ4n) is 6.53. The molecule has 2 amide bonds. The van der Waals surface area contributed by atoms with Gasteiger partial charge in [0.05, 0.1) is 13.7 Å². The van der Waals surface area contributed by atoms with Gasteiger partial charge in [0.1, 0.15) is 5.75 Å². The molecule has 1 atom stereocenters. The molecule has 30 heavy (non-hydrogen) atoms. The summed E-state index contributed by atoms with van der Waals surface area (Å²) in [4.78, 5) is 26.1. The van der Waals surface area contributed by atoms with E-state index >= 15 is 0 Å². The summed E-state index contributed by atoms with van der Waals surface area (Å²) in [5.74, 6) is 3.37. The molecule has 4 aliphatic carbocycles. The number of hydrogen-bond donors (Lipinski definition) is 3. The Bertz CT molecular complexity index is 743. The van der Waals surface area contributed by atoms with Gasteiger partial charge in [0.25, 0.3) is 11.8 Å². The van der Waals surface area contributed by atoms with Gasteiger partial charge in [-0.2, -0.15) is 0 Å². The second-order valence-corrected chi connectivity index (χ2v) is 9.93. The first-order chi connectivity index (χ1) is 14.5. The van der Waals surface area contributed by atoms with Gasteiger partial charge in [-0.25, -0.2) is 0 Å². The van der Waals surface area contributed by atoms with Gasteiger partial charge in [-0.3, -0.25) is 9.59 Å². The van der Waals surface area contributed by atoms with Crippen LogP contribution < -0.4 is 20.3 Å². The smallest absolute Gasteiger partial charge is 0.279 e. The molecule has 0 heterocycles. The SMILES string of the molecule is CC[NH+](CC(=O)NCC12CC3CC(CC(C3)C1)C2)CC(=O)Nc1cccc(OC)c1. The number of ether oxygens (including phenoxy) is 1. The molecule has 1 unspecified atom stereocenters. The normalized spacial score (nSPS) is 30.0. The third-order valence-electron chi connectivity index (χ3n) is 7.50. The highest BCUT2D eigenvalue weighted by atomic mass is 16.5. The Balaban J connectivity index is 1.24. The lowest BCUT2D eigenvalue weighted by Crippen LogP contribution is -3.14. The van der Waals surface area contributed by atoms with Crippen LogP contribution in [0, 0.1) is 23.2 Å². The molecule has 0 radical (unpaired) electrons. The number of anilines is 1. The molecule has 5 rings (SSSR count). The van der Waals surface area contributed by atoms with Gasteiger partial charge in [0.15, 0.2) is 13.1 Å². The van der Waals surface area contributed by atoms with Crippen molar-refractivity contribution < 1.29 is 19.2 Å². The maximum Gasteiger partial charge on any atom is 0.279 e. The number of methoxy groups -OCH3 is 1. The molecule has 1 aromatic rings. The van der Waals surface area contributed by atoms with E-state index in [4.69, 9.17) is 4.74 Å². The average molecular weight is 415 g/mol. The molecule has 0 aliphatic heterocycles. The van der Waals surface area contributed by atoms with Crippen LogP contribution in [0.5, 0.6) is 5.75 Å². The third kappa shape index (κ3) is 4.97. The number of amides is 2. The number of carbonyl (C=O) groups is 2. The highest BCUT2D eigenvalue weighted by molar-refractivity contribution is 5.91. The molecule has 4 bridgehead atoms. The quantitative estimate of drug-likeness (QED) is 0.578. The lowest BCUT2D eigenvalue weighted by molar-refractivity contribution is -0.881. The lowest BCUT2D eigenvalue weighted by Gasteiger charge is -2.56. The number of carbonyl (C=O) groups excluding carboxylic acids is 2. The summed E-state index contributed by atoms with van der Waals surface area (Å²) < 4.78 is 5.20. The van der Waals surface area contributed by atoms with Crippen molar-refractivity contribution in [3.05, 3.63) is 24.3 Å². The van der Waals surface area contributed by atoms with E-state index in [0.29, 0.717) is 23.4 Å². The van der Waals surface area contributed by atoms with E-state index in [-0.39, 0.29) is 18.4 Å². The van der Waals surface area contributed by atoms with Crippen molar-refractivity contribution >= 4 is 17.5 Å². The minimum Gasteiger partial charge on any atom is -0.497 e. The van der Waals surface area contributed by atoms with E-state index in [1.165, 1.54) is 38.5 Å². The van der Waals surface area contributed by atoms with Crippen LogP contribution in [-0.2, 0) is 9.59 Å². The summed E-state index contributed by atoms with van der Waals surface area (Å²) in [5, 5.41) is 6.14. The van der Waals surface area contributed by atoms with E-state index in [1.54, 1.807) is 13.2 Å². The van der Waals surface area contributed by atoms with Crippen LogP contribution in [0.4, 0.5) is 5.69 Å². The van der Waals surface area contributed by atoms with Crippen LogP contribution >= 0.6 is 0 Å². The van der Waals surface area contributed by atoms with Crippen LogP contribution in [-0.4, -0.2) is 45.1 Å². The number of benzene rings is 1. The predicted molar refractivity (Wildman–Crippen MR) is 116 cm³/mol. The molecule has 6 heteroatoms. The number of likely N-dealkylation sites (N-methyl/N-ethyl adjacent to an activating group) is 1. The summed E-state index contributed by atoms with van der Waals surface area (Å²) in [6.45, 7) is 4.19. The second kappa shape index (κ2) is 8.96. The molecule has 0 aromatic heterocycles. The summed E-state index contributed by atoms with van der Waals surface area (Å²) >= 11 is 0. The topological polar surface area (TPSA) is 71.9 Å². The van der Waals surface area contributed by atoms with Gasteiger partial charge in [0, 0.05) is 18.3 Å². The highest BCUT2D eigenvalue weighted by Gasteiger charge is 2.50. The van der Waals surface area contributed by atoms with E-state index < -0.39 is 0 Å². The fourth-order valence-corrected chi connectivity index (χ4v) is 6.53. The van der Waals surface area contributed by atoms with Crippen molar-refractivity contribution in [1.82, 2.24) is 5.32 Å². The zero-order valence-electron chi connectivity index (χ0n) is 18.3. The maximum absolute atomic E-state index is 12.6. The minimum atomic E-state index is -0.0889. The second-order valence-electron chi connectivity index (χ2n) is 9.93. The van der Waals surface area contributed by atoms with Crippen molar-refractivity contribution in [3.63, 3.8) is 0 Å². The van der Waals surface area contributed by atoms with Gasteiger partial charge in [-0.05, 0) is 80.8 Å². The number of hydrogen-bond acceptors (Lipinski definition) is 3. The van der Waals surface area contributed by atoms with Crippen molar-refractivity contribution in [2.75, 3.05) is 38.6 Å². The Morgan fingerprint density at radius 2 is 1.70 bits per heavy atom. The first-order valence-electron chi connectivity index (χ1n) is 11.5. The van der Waals surface area contributed by atoms with Gasteiger partial charge in [-0.15, -0.1) is 0 Å². The standard InChI is InChI=1S/C24H35N3O3/c1-3-27(15-23(29)26-20-5-4-6-21(10-20)30-2)14-22(28)25-16-24-11-17-7-18(12-24)9-19(8-17)13-24/h4-6,10,17-19H,3,7-9,11-16H2,1-2H3,(H,25,28)(H,26,29)/p+1. The molecule has 4 fully saturated rings. The molecule has 0 spiro atoms. The first kappa shape index (κ1) is 21.2. The van der Waals surface area contributed by atoms with Crippen LogP contribution in [0.15, 0.2) is 24.3 Å². The molecule has 6 nitrogen and oxygen atoms in total. The third-order valence-corrected chi connectivity index (χ3v) is 7.50. The molecule has 4 aliphatic rings. The first-order valence-corrected chi connectivity index (χ1v) is 11.5. The minimum absolute atomic E-state index is 0.0665. The molecule has 1 aromatic carbocycles. The van der Waals surface area contributed by atoms with E-state index in [0.717, 1.165) is 35.7 Å². The van der Waals surface area contributed by atoms with E-state index in [9.17, 15) is 9.59 Å². The Morgan fingerprint density at radius 1 is 1.07 bits per heavy atom. The van der Waals surface area contributed by atoms with Gasteiger partial charge in [0.2, 0.25) is 0 Å². The fraction of sp³-hybridized carbons (Fsp3) is 0.667. The summed E-state index contributed by atoms with van der Waals surface area (Å²) in [6, 6.07) is 7.32. The molecule has 3 N–H and O–H groups in total. The van der Waals surface area contributed by atoms with Crippen LogP contribution in [0.3, 0.4) is 0 Å². The zero-order valence-corrected chi connectivity index (χ0v) is 18.3. The Labute approximate surface area is 179 Å². The van der Waals surface area contributed by atoms with Crippen LogP contribution in [0.25, 0.3) is 0 Å². The summed E-state index contributed by atoms with van der Waals surface area (Å²) in [6.07, 6.45) is 8.15. The Kier molecular flexibility index (Phi) is 6.32. The number of rotatable bonds is 9. The largest absolute Gasteiger partial charge is 0.497 e. The van der Waals surface area contributed by atoms with Crippen molar-refractivity contribution in [3.8, 4) is 5.75 Å². The average Bonchev–Trinajstić information content (AvgIpc) is 2.71. The molecular weight excluding hydrogens is 378 g/mol. The van der Waals surface area contributed by atoms with Crippen molar-refractivity contribution in [2.24, 2.45) is 23.2 Å². The van der Waals surface area contributed by atoms with Gasteiger partial charge < -0.3 is 20.3 Å². The van der Waals surface area contributed by atoms with Crippen molar-refractivity contribution in [1.29, 1.82) is 0 Å². The van der Waals surface area contributed by atoms with Crippen LogP contribution in [0.2, 0.25) is 0 Å². The zero-order chi connectivity index (χ0) is 21.1. The van der Waals surface area contributed by atoms with Gasteiger partial charge >= 0.3 is 0 Å².